The first kappa shape index (κ1) is 16.3. The van der Waals surface area contributed by atoms with Crippen molar-refractivity contribution < 1.29 is 14.7 Å². The van der Waals surface area contributed by atoms with Gasteiger partial charge in [-0.1, -0.05) is 5.92 Å². The average Bonchev–Trinajstić information content (AvgIpc) is 2.14. The topological polar surface area (TPSA) is 69.6 Å². The summed E-state index contributed by atoms with van der Waals surface area (Å²) in [4.78, 5) is 24.2. The molecule has 2 N–H and O–H groups in total. The summed E-state index contributed by atoms with van der Waals surface area (Å²) in [5, 5.41) is 11.4. The van der Waals surface area contributed by atoms with Gasteiger partial charge in [0.15, 0.2) is 0 Å². The van der Waals surface area contributed by atoms with E-state index < -0.39 is 17.0 Å². The summed E-state index contributed by atoms with van der Waals surface area (Å²) >= 11 is 0. The van der Waals surface area contributed by atoms with Crippen molar-refractivity contribution in [2.24, 2.45) is 0 Å². The Hall–Kier alpha value is -1.70. The van der Waals surface area contributed by atoms with E-state index in [2.05, 4.69) is 11.2 Å². The lowest BCUT2D eigenvalue weighted by atomic mass is 10.0. The Balaban J connectivity index is 4.83. The van der Waals surface area contributed by atoms with E-state index >= 15 is 0 Å². The van der Waals surface area contributed by atoms with Gasteiger partial charge in [-0.05, 0) is 34.6 Å². The number of carbonyl (C=O) groups excluding carboxylic acids is 1. The van der Waals surface area contributed by atoms with E-state index in [4.69, 9.17) is 11.5 Å². The normalized spacial score (nSPS) is 11.6. The second-order valence-electron chi connectivity index (χ2n) is 5.67. The van der Waals surface area contributed by atoms with E-state index in [1.807, 2.05) is 20.8 Å². The molecule has 0 rings (SSSR count). The average molecular weight is 254 g/mol. The van der Waals surface area contributed by atoms with Crippen molar-refractivity contribution in [1.29, 1.82) is 0 Å². The molecule has 102 valence electrons. The van der Waals surface area contributed by atoms with Gasteiger partial charge in [0.05, 0.1) is 12.0 Å². The lowest BCUT2D eigenvalue weighted by Crippen LogP contribution is -2.55. The third kappa shape index (κ3) is 5.58. The number of rotatable bonds is 4. The van der Waals surface area contributed by atoms with Crippen molar-refractivity contribution in [1.82, 2.24) is 10.2 Å². The van der Waals surface area contributed by atoms with Crippen LogP contribution in [0.15, 0.2) is 0 Å². The van der Waals surface area contributed by atoms with Crippen LogP contribution in [0.3, 0.4) is 0 Å². The number of terminal acetylenes is 1. The van der Waals surface area contributed by atoms with Crippen LogP contribution in [0.5, 0.6) is 0 Å². The zero-order chi connectivity index (χ0) is 14.6. The molecule has 0 radical (unpaired) electrons. The molecule has 18 heavy (non-hydrogen) atoms. The number of aliphatic carboxylic acids is 1. The van der Waals surface area contributed by atoms with Gasteiger partial charge in [-0.2, -0.15) is 0 Å². The second-order valence-corrected chi connectivity index (χ2v) is 5.67. The first-order valence-electron chi connectivity index (χ1n) is 5.79. The summed E-state index contributed by atoms with van der Waals surface area (Å²) in [6, 6.07) is -0.355. The van der Waals surface area contributed by atoms with E-state index in [0.717, 1.165) is 0 Å². The smallest absolute Gasteiger partial charge is 0.319 e. The standard InChI is InChI=1S/C13H22N2O3/c1-7-13(5,6)14-11(18)15(12(2,3)4)9-8-10(16)17/h1H,8-9H2,2-6H3,(H,14,18)(H,16,17). The monoisotopic (exact) mass is 254 g/mol. The van der Waals surface area contributed by atoms with Crippen LogP contribution in [0.4, 0.5) is 4.79 Å². The van der Waals surface area contributed by atoms with Gasteiger partial charge in [0, 0.05) is 12.1 Å². The second kappa shape index (κ2) is 5.76. The molecule has 5 heteroatoms. The molecule has 0 aliphatic carbocycles. The van der Waals surface area contributed by atoms with Crippen molar-refractivity contribution in [3.05, 3.63) is 0 Å². The zero-order valence-corrected chi connectivity index (χ0v) is 11.7. The van der Waals surface area contributed by atoms with Gasteiger partial charge in [0.2, 0.25) is 0 Å². The Kier molecular flexibility index (Phi) is 5.22. The molecular weight excluding hydrogens is 232 g/mol. The maximum absolute atomic E-state index is 12.1. The first-order valence-corrected chi connectivity index (χ1v) is 5.79. The van der Waals surface area contributed by atoms with Crippen molar-refractivity contribution >= 4 is 12.0 Å². The van der Waals surface area contributed by atoms with Gasteiger partial charge in [0.1, 0.15) is 0 Å². The molecule has 2 amide bonds. The summed E-state index contributed by atoms with van der Waals surface area (Å²) < 4.78 is 0. The fourth-order valence-corrected chi connectivity index (χ4v) is 1.32. The number of amides is 2. The molecule has 0 aromatic rings. The number of hydrogen-bond acceptors (Lipinski definition) is 2. The molecule has 0 aliphatic rings. The summed E-state index contributed by atoms with van der Waals surface area (Å²) in [7, 11) is 0. The predicted octanol–water partition coefficient (Wildman–Crippen LogP) is 1.68. The highest BCUT2D eigenvalue weighted by atomic mass is 16.4. The molecule has 0 unspecified atom stereocenters. The SMILES string of the molecule is C#CC(C)(C)NC(=O)N(CCC(=O)O)C(C)(C)C. The third-order valence-electron chi connectivity index (χ3n) is 2.38. The molecule has 0 bridgehead atoms. The minimum Gasteiger partial charge on any atom is -0.481 e. The van der Waals surface area contributed by atoms with Gasteiger partial charge < -0.3 is 15.3 Å². The number of nitrogens with one attached hydrogen (secondary N) is 1. The van der Waals surface area contributed by atoms with Crippen LogP contribution in [0.25, 0.3) is 0 Å². The summed E-state index contributed by atoms with van der Waals surface area (Å²) in [5.74, 6) is 1.53. The largest absolute Gasteiger partial charge is 0.481 e. The van der Waals surface area contributed by atoms with Crippen LogP contribution in [0.1, 0.15) is 41.0 Å². The zero-order valence-electron chi connectivity index (χ0n) is 11.7. The lowest BCUT2D eigenvalue weighted by molar-refractivity contribution is -0.137. The highest BCUT2D eigenvalue weighted by molar-refractivity contribution is 5.77. The van der Waals surface area contributed by atoms with Gasteiger partial charge in [-0.15, -0.1) is 6.42 Å². The molecule has 0 aromatic heterocycles. The van der Waals surface area contributed by atoms with Crippen LogP contribution in [-0.2, 0) is 4.79 Å². The maximum Gasteiger partial charge on any atom is 0.319 e. The number of urea groups is 1. The predicted molar refractivity (Wildman–Crippen MR) is 70.2 cm³/mol. The van der Waals surface area contributed by atoms with Crippen molar-refractivity contribution in [2.75, 3.05) is 6.54 Å². The number of carboxylic acid groups (broad SMARTS) is 1. The molecule has 0 fully saturated rings. The molecule has 0 aromatic carbocycles. The molecule has 0 heterocycles. The molecular formula is C13H22N2O3. The van der Waals surface area contributed by atoms with Crippen LogP contribution in [0, 0.1) is 12.3 Å². The third-order valence-corrected chi connectivity index (χ3v) is 2.38. The van der Waals surface area contributed by atoms with Crippen LogP contribution in [-0.4, -0.2) is 39.6 Å². The van der Waals surface area contributed by atoms with Crippen LogP contribution >= 0.6 is 0 Å². The van der Waals surface area contributed by atoms with Gasteiger partial charge in [-0.3, -0.25) is 4.79 Å². The Labute approximate surface area is 109 Å². The molecule has 0 saturated heterocycles. The number of hydrogen-bond donors (Lipinski definition) is 2. The Morgan fingerprint density at radius 3 is 2.11 bits per heavy atom. The fourth-order valence-electron chi connectivity index (χ4n) is 1.32. The minimum absolute atomic E-state index is 0.0961. The van der Waals surface area contributed by atoms with E-state index in [9.17, 15) is 9.59 Å². The lowest BCUT2D eigenvalue weighted by Gasteiger charge is -2.37. The van der Waals surface area contributed by atoms with Gasteiger partial charge >= 0.3 is 12.0 Å². The van der Waals surface area contributed by atoms with Crippen molar-refractivity contribution in [2.45, 2.75) is 52.1 Å². The Morgan fingerprint density at radius 1 is 1.28 bits per heavy atom. The summed E-state index contributed by atoms with van der Waals surface area (Å²) in [5.41, 5.74) is -1.23. The van der Waals surface area contributed by atoms with Crippen molar-refractivity contribution in [3.63, 3.8) is 0 Å². The van der Waals surface area contributed by atoms with Crippen LogP contribution < -0.4 is 5.32 Å². The van der Waals surface area contributed by atoms with Crippen LogP contribution in [0.2, 0.25) is 0 Å². The molecule has 0 aliphatic heterocycles. The maximum atomic E-state index is 12.1. The summed E-state index contributed by atoms with van der Waals surface area (Å²) in [6.45, 7) is 9.10. The summed E-state index contributed by atoms with van der Waals surface area (Å²) in [6.07, 6.45) is 5.21. The van der Waals surface area contributed by atoms with E-state index in [1.165, 1.54) is 4.90 Å². The minimum atomic E-state index is -0.937. The quantitative estimate of drug-likeness (QED) is 0.750. The highest BCUT2D eigenvalue weighted by Crippen LogP contribution is 2.15. The molecule has 0 saturated carbocycles. The fraction of sp³-hybridized carbons (Fsp3) is 0.692. The van der Waals surface area contributed by atoms with E-state index in [-0.39, 0.29) is 19.0 Å². The Bertz CT molecular complexity index is 361. The number of carboxylic acids is 1. The first-order chi connectivity index (χ1) is 7.99. The van der Waals surface area contributed by atoms with Crippen molar-refractivity contribution in [3.8, 4) is 12.3 Å². The van der Waals surface area contributed by atoms with E-state index in [0.29, 0.717) is 0 Å². The molecule has 5 nitrogen and oxygen atoms in total. The van der Waals surface area contributed by atoms with Gasteiger partial charge in [0.25, 0.3) is 0 Å². The molecule has 0 spiro atoms. The number of carbonyl (C=O) groups is 2. The highest BCUT2D eigenvalue weighted by Gasteiger charge is 2.29. The Morgan fingerprint density at radius 2 is 1.78 bits per heavy atom. The molecule has 0 atom stereocenters. The number of nitrogens with zero attached hydrogens (tertiary/aromatic N) is 1. The van der Waals surface area contributed by atoms with E-state index in [1.54, 1.807) is 13.8 Å². The van der Waals surface area contributed by atoms with Gasteiger partial charge in [-0.25, -0.2) is 4.79 Å².